The Kier molecular flexibility index (Phi) is 6.41. The van der Waals surface area contributed by atoms with Crippen molar-refractivity contribution in [1.29, 1.82) is 0 Å². The van der Waals surface area contributed by atoms with Gasteiger partial charge in [0.25, 0.3) is 11.9 Å². The zero-order valence-corrected chi connectivity index (χ0v) is 21.4. The zero-order valence-electron chi connectivity index (χ0n) is 21.4. The van der Waals surface area contributed by atoms with E-state index in [1.54, 1.807) is 49.6 Å². The zero-order chi connectivity index (χ0) is 27.1. The number of nitrogens with zero attached hydrogens (tertiary/aromatic N) is 3. The fraction of sp³-hybridized carbons (Fsp3) is 0.393. The molecule has 4 heterocycles. The number of nitrogens with one attached hydrogen (secondary N) is 1. The second-order valence-corrected chi connectivity index (χ2v) is 10.2. The summed E-state index contributed by atoms with van der Waals surface area (Å²) >= 11 is 0. The molecule has 0 bridgehead atoms. The predicted molar refractivity (Wildman–Crippen MR) is 137 cm³/mol. The number of benzene rings is 1. The number of rotatable bonds is 7. The molecule has 0 radical (unpaired) electrons. The van der Waals surface area contributed by atoms with Crippen LogP contribution in [0.1, 0.15) is 36.2 Å². The molecule has 0 spiro atoms. The van der Waals surface area contributed by atoms with Crippen LogP contribution in [0.3, 0.4) is 0 Å². The molecular weight excluding hydrogens is 504 g/mol. The summed E-state index contributed by atoms with van der Waals surface area (Å²) in [5.74, 6) is 0.0781. The number of pyridine rings is 1. The predicted octanol–water partition coefficient (Wildman–Crippen LogP) is 2.79. The molecule has 3 fully saturated rings. The lowest BCUT2D eigenvalue weighted by Crippen LogP contribution is -2.53. The molecule has 3 atom stereocenters. The second-order valence-electron chi connectivity index (χ2n) is 10.2. The maximum absolute atomic E-state index is 13.7. The molecule has 1 aliphatic carbocycles. The number of ketones is 1. The second kappa shape index (κ2) is 10.0. The Morgan fingerprint density at radius 2 is 1.97 bits per heavy atom. The Bertz CT molecular complexity index is 1430. The first-order chi connectivity index (χ1) is 18.9. The first kappa shape index (κ1) is 24.9. The molecule has 2 aromatic heterocycles. The summed E-state index contributed by atoms with van der Waals surface area (Å²) in [6, 6.07) is 9.80. The van der Waals surface area contributed by atoms with Crippen LogP contribution in [0.2, 0.25) is 0 Å². The quantitative estimate of drug-likeness (QED) is 0.492. The summed E-state index contributed by atoms with van der Waals surface area (Å²) in [6.07, 6.45) is 3.59. The number of carbonyl (C=O) groups excluding carboxylic acids is 4. The molecule has 3 aliphatic rings. The number of hydrogen-bond donors (Lipinski definition) is 1. The van der Waals surface area contributed by atoms with Gasteiger partial charge >= 0.3 is 6.09 Å². The number of ether oxygens (including phenoxy) is 2. The summed E-state index contributed by atoms with van der Waals surface area (Å²) in [7, 11) is 1.56. The average Bonchev–Trinajstić information content (AvgIpc) is 3.36. The molecule has 11 nitrogen and oxygen atoms in total. The van der Waals surface area contributed by atoms with Gasteiger partial charge in [-0.15, -0.1) is 0 Å². The number of furan rings is 1. The number of Topliss-reactive ketones (excluding diaryl/α,β-unsaturated/α-hetero) is 1. The lowest BCUT2D eigenvalue weighted by atomic mass is 10.1. The highest BCUT2D eigenvalue weighted by atomic mass is 16.6. The summed E-state index contributed by atoms with van der Waals surface area (Å²) in [5.41, 5.74) is 0.785. The Morgan fingerprint density at radius 3 is 2.72 bits per heavy atom. The van der Waals surface area contributed by atoms with Gasteiger partial charge < -0.3 is 29.0 Å². The van der Waals surface area contributed by atoms with Crippen LogP contribution in [0.25, 0.3) is 11.0 Å². The summed E-state index contributed by atoms with van der Waals surface area (Å²) in [4.78, 5) is 59.7. The maximum atomic E-state index is 13.7. The largest absolute Gasteiger partial charge is 0.497 e. The normalized spacial score (nSPS) is 21.1. The van der Waals surface area contributed by atoms with E-state index in [0.717, 1.165) is 12.8 Å². The molecule has 1 N–H and O–H groups in total. The first-order valence-electron chi connectivity index (χ1n) is 13.0. The molecule has 1 saturated carbocycles. The number of carbonyl (C=O) groups is 4. The van der Waals surface area contributed by atoms with Crippen molar-refractivity contribution < 1.29 is 33.1 Å². The highest BCUT2D eigenvalue weighted by Crippen LogP contribution is 2.36. The van der Waals surface area contributed by atoms with Crippen molar-refractivity contribution in [3.05, 3.63) is 54.4 Å². The fourth-order valence-corrected chi connectivity index (χ4v) is 5.52. The number of hydrogen-bond acceptors (Lipinski definition) is 8. The van der Waals surface area contributed by atoms with Gasteiger partial charge in [-0.1, -0.05) is 18.9 Å². The molecule has 39 heavy (non-hydrogen) atoms. The van der Waals surface area contributed by atoms with Crippen molar-refractivity contribution >= 4 is 34.7 Å². The monoisotopic (exact) mass is 532 g/mol. The molecule has 6 rings (SSSR count). The minimum Gasteiger partial charge on any atom is -0.497 e. The van der Waals surface area contributed by atoms with Crippen LogP contribution in [0.15, 0.2) is 53.1 Å². The Hall–Kier alpha value is -4.41. The van der Waals surface area contributed by atoms with E-state index in [-0.39, 0.29) is 35.8 Å². The number of likely N-dealkylation sites (tertiary alicyclic amines) is 2. The van der Waals surface area contributed by atoms with Crippen LogP contribution in [0.4, 0.5) is 4.79 Å². The average molecular weight is 533 g/mol. The SMILES string of the molecule is COc1ccc2oc(OC(=O)NC(CC3CC3)C(=O)N3CCC4C3C(=O)CN4C(=O)c3ccccn3)cc2c1. The van der Waals surface area contributed by atoms with Crippen LogP contribution >= 0.6 is 0 Å². The van der Waals surface area contributed by atoms with Crippen LogP contribution < -0.4 is 14.8 Å². The van der Waals surface area contributed by atoms with E-state index in [1.165, 1.54) is 16.0 Å². The summed E-state index contributed by atoms with van der Waals surface area (Å²) < 4.78 is 16.2. The minimum atomic E-state index is -0.860. The van der Waals surface area contributed by atoms with Gasteiger partial charge in [0.1, 0.15) is 29.1 Å². The van der Waals surface area contributed by atoms with E-state index in [1.807, 2.05) is 0 Å². The number of methoxy groups -OCH3 is 1. The van der Waals surface area contributed by atoms with E-state index in [4.69, 9.17) is 13.9 Å². The van der Waals surface area contributed by atoms with Crippen LogP contribution in [0.5, 0.6) is 11.7 Å². The van der Waals surface area contributed by atoms with Gasteiger partial charge in [-0.2, -0.15) is 0 Å². The third-order valence-corrected chi connectivity index (χ3v) is 7.60. The number of aromatic nitrogens is 1. The minimum absolute atomic E-state index is 0.00995. The standard InChI is InChI=1S/C28H28N4O7/c1-37-18-7-8-23-17(13-18)14-24(38-23)39-28(36)30-20(12-16-5-6-16)27(35)31-11-9-21-25(31)22(33)15-32(21)26(34)19-4-2-3-10-29-19/h2-4,7-8,10,13-14,16,20-21,25H,5-6,9,11-12,15H2,1H3,(H,30,36). The highest BCUT2D eigenvalue weighted by Gasteiger charge is 2.52. The first-order valence-corrected chi connectivity index (χ1v) is 13.0. The third-order valence-electron chi connectivity index (χ3n) is 7.60. The van der Waals surface area contributed by atoms with E-state index in [9.17, 15) is 19.2 Å². The van der Waals surface area contributed by atoms with Crippen LogP contribution in [0, 0.1) is 5.92 Å². The van der Waals surface area contributed by atoms with Crippen molar-refractivity contribution in [3.8, 4) is 11.7 Å². The molecule has 11 heteroatoms. The molecule has 3 unspecified atom stereocenters. The Morgan fingerprint density at radius 1 is 1.13 bits per heavy atom. The van der Waals surface area contributed by atoms with E-state index in [0.29, 0.717) is 42.0 Å². The van der Waals surface area contributed by atoms with Gasteiger partial charge in [0.15, 0.2) is 5.78 Å². The maximum Gasteiger partial charge on any atom is 0.415 e. The fourth-order valence-electron chi connectivity index (χ4n) is 5.52. The topological polar surface area (TPSA) is 131 Å². The van der Waals surface area contributed by atoms with Gasteiger partial charge in [0.2, 0.25) is 5.91 Å². The van der Waals surface area contributed by atoms with Crippen molar-refractivity contribution in [2.45, 2.75) is 43.8 Å². The summed E-state index contributed by atoms with van der Waals surface area (Å²) in [6.45, 7) is 0.239. The van der Waals surface area contributed by atoms with Crippen LogP contribution in [-0.2, 0) is 9.59 Å². The number of amides is 3. The molecular formula is C28H28N4O7. The number of fused-ring (bicyclic) bond motifs is 2. The lowest BCUT2D eigenvalue weighted by Gasteiger charge is -2.28. The molecule has 2 aliphatic heterocycles. The van der Waals surface area contributed by atoms with Crippen LogP contribution in [-0.4, -0.2) is 76.8 Å². The molecule has 3 amide bonds. The van der Waals surface area contributed by atoms with Gasteiger partial charge in [0.05, 0.1) is 19.7 Å². The Labute approximate surface area is 224 Å². The van der Waals surface area contributed by atoms with E-state index >= 15 is 0 Å². The highest BCUT2D eigenvalue weighted by molar-refractivity contribution is 6.02. The molecule has 3 aromatic rings. The summed E-state index contributed by atoms with van der Waals surface area (Å²) in [5, 5.41) is 3.40. The van der Waals surface area contributed by atoms with E-state index < -0.39 is 24.2 Å². The van der Waals surface area contributed by atoms with Crippen molar-refractivity contribution in [3.63, 3.8) is 0 Å². The molecule has 2 saturated heterocycles. The lowest BCUT2D eigenvalue weighted by molar-refractivity contribution is -0.138. The van der Waals surface area contributed by atoms with E-state index in [2.05, 4.69) is 10.3 Å². The van der Waals surface area contributed by atoms with Gasteiger partial charge in [-0.25, -0.2) is 4.79 Å². The molecule has 202 valence electrons. The molecule has 1 aromatic carbocycles. The van der Waals surface area contributed by atoms with Gasteiger partial charge in [0, 0.05) is 24.2 Å². The van der Waals surface area contributed by atoms with Gasteiger partial charge in [-0.05, 0) is 49.1 Å². The van der Waals surface area contributed by atoms with Gasteiger partial charge in [-0.3, -0.25) is 19.4 Å². The smallest absolute Gasteiger partial charge is 0.415 e. The third kappa shape index (κ3) is 4.91. The van der Waals surface area contributed by atoms with Crippen molar-refractivity contribution in [2.75, 3.05) is 20.2 Å². The Balaban J connectivity index is 1.15. The van der Waals surface area contributed by atoms with Crippen molar-refractivity contribution in [1.82, 2.24) is 20.1 Å². The van der Waals surface area contributed by atoms with Crippen molar-refractivity contribution in [2.24, 2.45) is 5.92 Å².